The summed E-state index contributed by atoms with van der Waals surface area (Å²) in [5.74, 6) is 2.63. The van der Waals surface area contributed by atoms with Gasteiger partial charge in [0.2, 0.25) is 0 Å². The summed E-state index contributed by atoms with van der Waals surface area (Å²) in [6.07, 6.45) is 10.1. The number of rotatable bonds is 8. The minimum Gasteiger partial charge on any atom is -0.385 e. The van der Waals surface area contributed by atoms with Gasteiger partial charge in [-0.05, 0) is 26.4 Å². The molecule has 0 fully saturated rings. The molecule has 0 heterocycles. The van der Waals surface area contributed by atoms with E-state index >= 15 is 0 Å². The lowest BCUT2D eigenvalue weighted by Crippen LogP contribution is -2.19. The first-order valence-electron chi connectivity index (χ1n) is 5.92. The van der Waals surface area contributed by atoms with Crippen molar-refractivity contribution in [3.63, 3.8) is 0 Å². The largest absolute Gasteiger partial charge is 0.385 e. The third kappa shape index (κ3) is 16.2. The fourth-order valence-electron chi connectivity index (χ4n) is 1.22. The van der Waals surface area contributed by atoms with Crippen LogP contribution in [0.4, 0.5) is 0 Å². The molecule has 0 spiro atoms. The van der Waals surface area contributed by atoms with Crippen LogP contribution in [0.1, 0.15) is 39.5 Å². The number of terminal acetylenes is 1. The molecule has 0 radical (unpaired) electrons. The maximum Gasteiger partial charge on any atom is 0.0596 e. The van der Waals surface area contributed by atoms with Crippen LogP contribution in [0.5, 0.6) is 0 Å². The van der Waals surface area contributed by atoms with Crippen molar-refractivity contribution in [2.45, 2.75) is 39.5 Å². The van der Waals surface area contributed by atoms with Crippen molar-refractivity contribution < 1.29 is 4.74 Å². The topological polar surface area (TPSA) is 12.5 Å². The number of nitrogens with zero attached hydrogens (tertiary/aromatic N) is 1. The van der Waals surface area contributed by atoms with E-state index in [9.17, 15) is 0 Å². The Morgan fingerprint density at radius 2 is 1.73 bits per heavy atom. The fraction of sp³-hybridized carbons (Fsp3) is 0.846. The Morgan fingerprint density at radius 1 is 1.13 bits per heavy atom. The van der Waals surface area contributed by atoms with Gasteiger partial charge in [0.1, 0.15) is 0 Å². The molecule has 0 aliphatic heterocycles. The number of ether oxygens (including phenoxy) is 1. The molecule has 0 aliphatic carbocycles. The molecule has 2 heteroatoms. The Labute approximate surface area is 96.0 Å². The first-order valence-corrected chi connectivity index (χ1v) is 5.92. The molecular formula is C13H27NO. The van der Waals surface area contributed by atoms with Gasteiger partial charge in [0.05, 0.1) is 6.54 Å². The zero-order chi connectivity index (χ0) is 11.9. The molecular weight excluding hydrogens is 186 g/mol. The second kappa shape index (κ2) is 15.9. The summed E-state index contributed by atoms with van der Waals surface area (Å²) in [5, 5.41) is 0. The molecule has 90 valence electrons. The quantitative estimate of drug-likeness (QED) is 0.454. The Morgan fingerprint density at radius 3 is 2.27 bits per heavy atom. The molecule has 0 N–H and O–H groups in total. The monoisotopic (exact) mass is 213 g/mol. The summed E-state index contributed by atoms with van der Waals surface area (Å²) in [4.78, 5) is 2.18. The van der Waals surface area contributed by atoms with Crippen molar-refractivity contribution in [1.82, 2.24) is 4.90 Å². The van der Waals surface area contributed by atoms with Crippen molar-refractivity contribution in [3.8, 4) is 12.3 Å². The van der Waals surface area contributed by atoms with Crippen molar-refractivity contribution in [2.75, 3.05) is 33.9 Å². The first kappa shape index (κ1) is 16.9. The highest BCUT2D eigenvalue weighted by Crippen LogP contribution is 2.00. The molecule has 0 bridgehead atoms. The van der Waals surface area contributed by atoms with Crippen LogP contribution in [0.2, 0.25) is 0 Å². The standard InChI is InChI=1S/C11H21NO.C2H6/c1-4-9-12(2)10-7-5-6-8-11-13-3;1-2/h1H,5-11H2,2-3H3;1-2H3. The highest BCUT2D eigenvalue weighted by molar-refractivity contribution is 4.86. The highest BCUT2D eigenvalue weighted by atomic mass is 16.5. The minimum atomic E-state index is 0.762. The van der Waals surface area contributed by atoms with Gasteiger partial charge >= 0.3 is 0 Å². The summed E-state index contributed by atoms with van der Waals surface area (Å²) in [6.45, 7) is 6.76. The van der Waals surface area contributed by atoms with Gasteiger partial charge in [0.25, 0.3) is 0 Å². The summed E-state index contributed by atoms with van der Waals surface area (Å²) in [6, 6.07) is 0. The molecule has 0 saturated heterocycles. The van der Waals surface area contributed by atoms with Crippen molar-refractivity contribution in [2.24, 2.45) is 0 Å². The maximum atomic E-state index is 5.19. The fourth-order valence-corrected chi connectivity index (χ4v) is 1.22. The molecule has 0 aromatic heterocycles. The van der Waals surface area contributed by atoms with E-state index in [0.29, 0.717) is 0 Å². The van der Waals surface area contributed by atoms with Gasteiger partial charge in [0.15, 0.2) is 0 Å². The Hall–Kier alpha value is -0.520. The normalized spacial score (nSPS) is 9.33. The summed E-state index contributed by atoms with van der Waals surface area (Å²) < 4.78 is 4.97. The lowest BCUT2D eigenvalue weighted by atomic mass is 10.2. The van der Waals surface area contributed by atoms with Crippen molar-refractivity contribution in [1.29, 1.82) is 0 Å². The zero-order valence-electron chi connectivity index (χ0n) is 10.9. The molecule has 0 saturated carbocycles. The van der Waals surface area contributed by atoms with Crippen LogP contribution in [-0.2, 0) is 4.74 Å². The second-order valence-electron chi connectivity index (χ2n) is 3.35. The van der Waals surface area contributed by atoms with E-state index in [2.05, 4.69) is 17.9 Å². The lowest BCUT2D eigenvalue weighted by molar-refractivity contribution is 0.191. The van der Waals surface area contributed by atoms with Crippen LogP contribution >= 0.6 is 0 Å². The third-order valence-electron chi connectivity index (χ3n) is 2.00. The Balaban J connectivity index is 0. The third-order valence-corrected chi connectivity index (χ3v) is 2.00. The maximum absolute atomic E-state index is 5.19. The molecule has 15 heavy (non-hydrogen) atoms. The average Bonchev–Trinajstić information content (AvgIpc) is 2.26. The van der Waals surface area contributed by atoms with Gasteiger partial charge in [0, 0.05) is 13.7 Å². The van der Waals surface area contributed by atoms with Gasteiger partial charge in [-0.15, -0.1) is 6.42 Å². The highest BCUT2D eigenvalue weighted by Gasteiger charge is 1.94. The summed E-state index contributed by atoms with van der Waals surface area (Å²) >= 11 is 0. The van der Waals surface area contributed by atoms with E-state index in [1.807, 2.05) is 13.8 Å². The molecule has 0 amide bonds. The number of hydrogen-bond donors (Lipinski definition) is 0. The second-order valence-corrected chi connectivity index (χ2v) is 3.35. The minimum absolute atomic E-state index is 0.762. The molecule has 0 aromatic rings. The SMILES string of the molecule is C#CCN(C)CCCCCCOC.CC. The van der Waals surface area contributed by atoms with Crippen LogP contribution in [0.3, 0.4) is 0 Å². The van der Waals surface area contributed by atoms with Gasteiger partial charge < -0.3 is 4.74 Å². The molecule has 0 atom stereocenters. The molecule has 0 rings (SSSR count). The molecule has 0 aromatic carbocycles. The Kier molecular flexibility index (Phi) is 17.9. The molecule has 2 nitrogen and oxygen atoms in total. The van der Waals surface area contributed by atoms with E-state index in [-0.39, 0.29) is 0 Å². The predicted molar refractivity (Wildman–Crippen MR) is 68.0 cm³/mol. The van der Waals surface area contributed by atoms with Crippen LogP contribution < -0.4 is 0 Å². The predicted octanol–water partition coefficient (Wildman–Crippen LogP) is 2.78. The van der Waals surface area contributed by atoms with Crippen molar-refractivity contribution in [3.05, 3.63) is 0 Å². The average molecular weight is 213 g/mol. The Bertz CT molecular complexity index is 140. The first-order chi connectivity index (χ1) is 7.31. The number of hydrogen-bond acceptors (Lipinski definition) is 2. The van der Waals surface area contributed by atoms with Crippen LogP contribution in [0.15, 0.2) is 0 Å². The van der Waals surface area contributed by atoms with E-state index in [0.717, 1.165) is 19.7 Å². The van der Waals surface area contributed by atoms with E-state index in [1.165, 1.54) is 25.7 Å². The lowest BCUT2D eigenvalue weighted by Gasteiger charge is -2.12. The summed E-state index contributed by atoms with van der Waals surface area (Å²) in [7, 11) is 3.82. The van der Waals surface area contributed by atoms with Crippen LogP contribution in [-0.4, -0.2) is 38.8 Å². The molecule has 0 unspecified atom stereocenters. The smallest absolute Gasteiger partial charge is 0.0596 e. The van der Waals surface area contributed by atoms with Gasteiger partial charge in [-0.1, -0.05) is 32.6 Å². The van der Waals surface area contributed by atoms with Crippen LogP contribution in [0.25, 0.3) is 0 Å². The zero-order valence-corrected chi connectivity index (χ0v) is 10.9. The van der Waals surface area contributed by atoms with Gasteiger partial charge in [-0.2, -0.15) is 0 Å². The van der Waals surface area contributed by atoms with E-state index < -0.39 is 0 Å². The van der Waals surface area contributed by atoms with Crippen molar-refractivity contribution >= 4 is 0 Å². The van der Waals surface area contributed by atoms with Gasteiger partial charge in [-0.25, -0.2) is 0 Å². The van der Waals surface area contributed by atoms with Crippen LogP contribution in [0, 0.1) is 12.3 Å². The van der Waals surface area contributed by atoms with E-state index in [4.69, 9.17) is 11.2 Å². The van der Waals surface area contributed by atoms with Gasteiger partial charge in [-0.3, -0.25) is 4.90 Å². The van der Waals surface area contributed by atoms with E-state index in [1.54, 1.807) is 7.11 Å². The number of unbranched alkanes of at least 4 members (excludes halogenated alkanes) is 3. The molecule has 0 aliphatic rings. The number of methoxy groups -OCH3 is 1. The summed E-state index contributed by atoms with van der Waals surface area (Å²) in [5.41, 5.74) is 0.